The first-order valence-electron chi connectivity index (χ1n) is 2.36. The maximum absolute atomic E-state index is 8.33. The highest BCUT2D eigenvalue weighted by atomic mass is 28.4. The molecular formula is C3H11NO3Si. The normalized spacial score (nSPS) is 12.8. The lowest BCUT2D eigenvalue weighted by Crippen LogP contribution is -2.54. The Labute approximate surface area is 49.2 Å². The Bertz CT molecular complexity index is 69.4. The lowest BCUT2D eigenvalue weighted by Gasteiger charge is -2.12. The standard InChI is InChI=1S/C3H11NO3Si/c1-3(2)4-8(5,6)7/h3-7H,1-2H3. The summed E-state index contributed by atoms with van der Waals surface area (Å²) in [5, 5.41) is 0. The zero-order valence-corrected chi connectivity index (χ0v) is 5.92. The van der Waals surface area contributed by atoms with Crippen LogP contribution < -0.4 is 4.98 Å². The molecule has 8 heavy (non-hydrogen) atoms. The molecule has 4 N–H and O–H groups in total. The van der Waals surface area contributed by atoms with Crippen LogP contribution in [0.1, 0.15) is 13.8 Å². The van der Waals surface area contributed by atoms with Crippen molar-refractivity contribution in [1.29, 1.82) is 0 Å². The Morgan fingerprint density at radius 2 is 1.62 bits per heavy atom. The minimum atomic E-state index is -3.97. The molecule has 0 saturated carbocycles. The summed E-state index contributed by atoms with van der Waals surface area (Å²) in [5.41, 5.74) is 0. The number of rotatable bonds is 2. The van der Waals surface area contributed by atoms with Crippen LogP contribution in [0.3, 0.4) is 0 Å². The molecule has 0 radical (unpaired) electrons. The van der Waals surface area contributed by atoms with E-state index in [2.05, 4.69) is 4.98 Å². The van der Waals surface area contributed by atoms with Gasteiger partial charge in [-0.15, -0.1) is 0 Å². The van der Waals surface area contributed by atoms with Gasteiger partial charge < -0.3 is 14.4 Å². The summed E-state index contributed by atoms with van der Waals surface area (Å²) in [5.74, 6) is 0. The average Bonchev–Trinajstić information content (AvgIpc) is 1.21. The fraction of sp³-hybridized carbons (Fsp3) is 1.00. The quantitative estimate of drug-likeness (QED) is 0.346. The summed E-state index contributed by atoms with van der Waals surface area (Å²) < 4.78 is 0. The lowest BCUT2D eigenvalue weighted by molar-refractivity contribution is 0.204. The van der Waals surface area contributed by atoms with E-state index in [1.54, 1.807) is 13.8 Å². The van der Waals surface area contributed by atoms with Crippen molar-refractivity contribution in [2.24, 2.45) is 0 Å². The van der Waals surface area contributed by atoms with Crippen LogP contribution in [0.25, 0.3) is 0 Å². The second kappa shape index (κ2) is 2.56. The van der Waals surface area contributed by atoms with E-state index >= 15 is 0 Å². The molecule has 50 valence electrons. The van der Waals surface area contributed by atoms with Crippen LogP contribution in [0.4, 0.5) is 0 Å². The van der Waals surface area contributed by atoms with Gasteiger partial charge in [0, 0.05) is 6.04 Å². The molecule has 0 saturated heterocycles. The molecule has 0 spiro atoms. The maximum atomic E-state index is 8.33. The Balaban J connectivity index is 3.39. The van der Waals surface area contributed by atoms with Crippen LogP contribution in [0.2, 0.25) is 0 Å². The molecule has 0 aliphatic heterocycles. The van der Waals surface area contributed by atoms with Crippen molar-refractivity contribution in [2.75, 3.05) is 0 Å². The predicted molar refractivity (Wildman–Crippen MR) is 30.7 cm³/mol. The van der Waals surface area contributed by atoms with Crippen molar-refractivity contribution in [3.8, 4) is 0 Å². The van der Waals surface area contributed by atoms with Gasteiger partial charge in [-0.2, -0.15) is 0 Å². The van der Waals surface area contributed by atoms with Crippen molar-refractivity contribution < 1.29 is 14.4 Å². The average molecular weight is 137 g/mol. The molecule has 0 fully saturated rings. The van der Waals surface area contributed by atoms with Gasteiger partial charge in [0.2, 0.25) is 0 Å². The highest BCUT2D eigenvalue weighted by Gasteiger charge is 2.27. The van der Waals surface area contributed by atoms with Gasteiger partial charge in [-0.3, -0.25) is 4.98 Å². The molecule has 0 rings (SSSR count). The third-order valence-electron chi connectivity index (χ3n) is 0.482. The van der Waals surface area contributed by atoms with Crippen molar-refractivity contribution >= 4 is 8.97 Å². The predicted octanol–water partition coefficient (Wildman–Crippen LogP) is -1.60. The van der Waals surface area contributed by atoms with E-state index in [0.717, 1.165) is 0 Å². The molecule has 0 bridgehead atoms. The molecule has 0 atom stereocenters. The van der Waals surface area contributed by atoms with Crippen molar-refractivity contribution in [1.82, 2.24) is 4.98 Å². The third-order valence-corrected chi connectivity index (χ3v) is 1.45. The van der Waals surface area contributed by atoms with E-state index in [1.807, 2.05) is 0 Å². The summed E-state index contributed by atoms with van der Waals surface area (Å²) in [4.78, 5) is 27.2. The van der Waals surface area contributed by atoms with E-state index < -0.39 is 8.97 Å². The summed E-state index contributed by atoms with van der Waals surface area (Å²) >= 11 is 0. The van der Waals surface area contributed by atoms with Crippen LogP contribution in [0.15, 0.2) is 0 Å². The molecule has 0 aromatic heterocycles. The van der Waals surface area contributed by atoms with Crippen molar-refractivity contribution in [3.63, 3.8) is 0 Å². The van der Waals surface area contributed by atoms with Gasteiger partial charge in [0.15, 0.2) is 0 Å². The molecule has 0 aliphatic carbocycles. The molecule has 0 aromatic carbocycles. The number of hydrogen-bond donors (Lipinski definition) is 4. The largest absolute Gasteiger partial charge is 0.588 e. The van der Waals surface area contributed by atoms with Gasteiger partial charge in [-0.25, -0.2) is 0 Å². The van der Waals surface area contributed by atoms with E-state index in [9.17, 15) is 0 Å². The smallest absolute Gasteiger partial charge is 0.377 e. The lowest BCUT2D eigenvalue weighted by atomic mass is 10.4. The summed E-state index contributed by atoms with van der Waals surface area (Å²) in [7, 11) is -3.97. The van der Waals surface area contributed by atoms with Gasteiger partial charge in [0.05, 0.1) is 0 Å². The number of nitrogens with one attached hydrogen (secondary N) is 1. The van der Waals surface area contributed by atoms with E-state index in [1.165, 1.54) is 0 Å². The number of hydrogen-bond acceptors (Lipinski definition) is 4. The molecule has 0 aliphatic rings. The Morgan fingerprint density at radius 1 is 1.25 bits per heavy atom. The van der Waals surface area contributed by atoms with E-state index in [-0.39, 0.29) is 6.04 Å². The SMILES string of the molecule is CC(C)N[Si](O)(O)O. The highest BCUT2D eigenvalue weighted by Crippen LogP contribution is 1.82. The van der Waals surface area contributed by atoms with Gasteiger partial charge in [-0.1, -0.05) is 13.8 Å². The van der Waals surface area contributed by atoms with Crippen LogP contribution >= 0.6 is 0 Å². The molecule has 0 aromatic rings. The first kappa shape index (κ1) is 8.06. The topological polar surface area (TPSA) is 72.7 Å². The van der Waals surface area contributed by atoms with Crippen molar-refractivity contribution in [2.45, 2.75) is 19.9 Å². The minimum absolute atomic E-state index is 0.0957. The second-order valence-corrected chi connectivity index (χ2v) is 3.49. The first-order valence-corrected chi connectivity index (χ1v) is 4.21. The summed E-state index contributed by atoms with van der Waals surface area (Å²) in [6.45, 7) is 3.43. The first-order chi connectivity index (χ1) is 3.42. The Kier molecular flexibility index (Phi) is 2.58. The highest BCUT2D eigenvalue weighted by molar-refractivity contribution is 6.53. The molecule has 4 nitrogen and oxygen atoms in total. The Hall–Kier alpha value is 0.0569. The van der Waals surface area contributed by atoms with E-state index in [4.69, 9.17) is 14.4 Å². The Morgan fingerprint density at radius 3 is 1.62 bits per heavy atom. The van der Waals surface area contributed by atoms with Gasteiger partial charge >= 0.3 is 8.97 Å². The van der Waals surface area contributed by atoms with E-state index in [0.29, 0.717) is 0 Å². The molecule has 0 amide bonds. The minimum Gasteiger partial charge on any atom is -0.377 e. The zero-order chi connectivity index (χ0) is 6.78. The molecule has 0 heterocycles. The maximum Gasteiger partial charge on any atom is 0.588 e. The van der Waals surface area contributed by atoms with Crippen LogP contribution in [0, 0.1) is 0 Å². The molecule has 5 heteroatoms. The zero-order valence-electron chi connectivity index (χ0n) is 4.92. The van der Waals surface area contributed by atoms with Crippen LogP contribution in [-0.4, -0.2) is 29.4 Å². The summed E-state index contributed by atoms with van der Waals surface area (Å²) in [6, 6.07) is -0.0957. The fourth-order valence-electron chi connectivity index (χ4n) is 0.387. The van der Waals surface area contributed by atoms with Gasteiger partial charge in [0.1, 0.15) is 0 Å². The third kappa shape index (κ3) is 6.06. The van der Waals surface area contributed by atoms with Crippen molar-refractivity contribution in [3.05, 3.63) is 0 Å². The molecule has 0 unspecified atom stereocenters. The van der Waals surface area contributed by atoms with Crippen LogP contribution in [-0.2, 0) is 0 Å². The van der Waals surface area contributed by atoms with Crippen LogP contribution in [0.5, 0.6) is 0 Å². The second-order valence-electron chi connectivity index (χ2n) is 1.93. The van der Waals surface area contributed by atoms with Gasteiger partial charge in [0.25, 0.3) is 0 Å². The van der Waals surface area contributed by atoms with Gasteiger partial charge in [-0.05, 0) is 0 Å². The monoisotopic (exact) mass is 137 g/mol. The fourth-order valence-corrected chi connectivity index (χ4v) is 1.16. The molecular weight excluding hydrogens is 126 g/mol. The summed E-state index contributed by atoms with van der Waals surface area (Å²) in [6.07, 6.45) is 0.